The molecule has 0 rings (SSSR count). The van der Waals surface area contributed by atoms with Crippen LogP contribution in [0.2, 0.25) is 0 Å². The first-order chi connectivity index (χ1) is 40.9. The van der Waals surface area contributed by atoms with Gasteiger partial charge in [0, 0.05) is 25.7 Å². The van der Waals surface area contributed by atoms with Gasteiger partial charge in [-0.2, -0.15) is 0 Å². The largest absolute Gasteiger partial charge is 0.472 e. The normalized spacial score (nSPS) is 14.2. The summed E-state index contributed by atoms with van der Waals surface area (Å²) in [4.78, 5) is 72.0. The van der Waals surface area contributed by atoms with Crippen LogP contribution in [0, 0.1) is 11.8 Å². The summed E-state index contributed by atoms with van der Waals surface area (Å²) in [5, 5.41) is 10.5. The molecule has 0 aliphatic carbocycles. The minimum Gasteiger partial charge on any atom is -0.462 e. The van der Waals surface area contributed by atoms with Crippen molar-refractivity contribution in [3.05, 3.63) is 0 Å². The Labute approximate surface area is 517 Å². The number of carbonyl (C=O) groups excluding carboxylic acids is 4. The summed E-state index contributed by atoms with van der Waals surface area (Å²) >= 11 is 0. The van der Waals surface area contributed by atoms with Crippen molar-refractivity contribution in [3.8, 4) is 0 Å². The lowest BCUT2D eigenvalue weighted by Crippen LogP contribution is -2.30. The van der Waals surface area contributed by atoms with E-state index in [2.05, 4.69) is 41.5 Å². The predicted molar refractivity (Wildman–Crippen MR) is 340 cm³/mol. The van der Waals surface area contributed by atoms with Crippen molar-refractivity contribution in [2.75, 3.05) is 39.6 Å². The van der Waals surface area contributed by atoms with Crippen LogP contribution < -0.4 is 0 Å². The number of phosphoric ester groups is 2. The van der Waals surface area contributed by atoms with Crippen LogP contribution in [0.15, 0.2) is 0 Å². The molecule has 0 aromatic rings. The van der Waals surface area contributed by atoms with Crippen LogP contribution in [-0.4, -0.2) is 96.7 Å². The molecule has 3 N–H and O–H groups in total. The number of hydrogen-bond donors (Lipinski definition) is 3. The molecule has 0 aromatic heterocycles. The Kier molecular flexibility index (Phi) is 57.1. The third-order valence-electron chi connectivity index (χ3n) is 15.2. The summed E-state index contributed by atoms with van der Waals surface area (Å²) in [6.45, 7) is 9.36. The summed E-state index contributed by atoms with van der Waals surface area (Å²) in [5.41, 5.74) is 0. The molecule has 0 aliphatic heterocycles. The van der Waals surface area contributed by atoms with Crippen LogP contribution >= 0.6 is 15.6 Å². The highest BCUT2D eigenvalue weighted by Crippen LogP contribution is 2.45. The minimum absolute atomic E-state index is 0.101. The smallest absolute Gasteiger partial charge is 0.462 e. The van der Waals surface area contributed by atoms with Gasteiger partial charge in [0.05, 0.1) is 26.4 Å². The molecular weight excluding hydrogens is 1130 g/mol. The van der Waals surface area contributed by atoms with Crippen LogP contribution in [0.4, 0.5) is 0 Å². The number of ether oxygens (including phenoxy) is 4. The maximum Gasteiger partial charge on any atom is 0.472 e. The van der Waals surface area contributed by atoms with Crippen LogP contribution in [-0.2, 0) is 65.4 Å². The van der Waals surface area contributed by atoms with Crippen molar-refractivity contribution in [1.29, 1.82) is 0 Å². The summed E-state index contributed by atoms with van der Waals surface area (Å²) in [6.07, 6.45) is 42.3. The number of aliphatic hydroxyl groups is 1. The molecule has 0 amide bonds. The van der Waals surface area contributed by atoms with Gasteiger partial charge in [-0.3, -0.25) is 37.3 Å². The van der Waals surface area contributed by atoms with E-state index in [1.54, 1.807) is 0 Å². The van der Waals surface area contributed by atoms with E-state index in [1.807, 2.05) is 0 Å². The third kappa shape index (κ3) is 60.7. The molecule has 17 nitrogen and oxygen atoms in total. The predicted octanol–water partition coefficient (Wildman–Crippen LogP) is 18.4. The summed E-state index contributed by atoms with van der Waals surface area (Å²) < 4.78 is 67.8. The van der Waals surface area contributed by atoms with Crippen LogP contribution in [0.5, 0.6) is 0 Å². The van der Waals surface area contributed by atoms with E-state index in [1.165, 1.54) is 141 Å². The van der Waals surface area contributed by atoms with Gasteiger partial charge in [0.25, 0.3) is 0 Å². The van der Waals surface area contributed by atoms with Gasteiger partial charge in [0.1, 0.15) is 19.3 Å². The van der Waals surface area contributed by atoms with E-state index in [9.17, 15) is 43.2 Å². The highest BCUT2D eigenvalue weighted by Gasteiger charge is 2.30. The van der Waals surface area contributed by atoms with Gasteiger partial charge in [-0.25, -0.2) is 9.13 Å². The Balaban J connectivity index is 5.13. The molecular formula is C66H128O17P2. The molecule has 0 heterocycles. The van der Waals surface area contributed by atoms with E-state index in [-0.39, 0.29) is 25.7 Å². The molecule has 0 bridgehead atoms. The second-order valence-electron chi connectivity index (χ2n) is 24.8. The van der Waals surface area contributed by atoms with Crippen LogP contribution in [0.1, 0.15) is 330 Å². The first-order valence-corrected chi connectivity index (χ1v) is 37.5. The quantitative estimate of drug-likeness (QED) is 0.0222. The molecule has 19 heteroatoms. The third-order valence-corrected chi connectivity index (χ3v) is 17.1. The number of carbonyl (C=O) groups is 4. The topological polar surface area (TPSA) is 237 Å². The fraction of sp³-hybridized carbons (Fsp3) is 0.939. The number of aliphatic hydroxyl groups excluding tert-OH is 1. The number of hydrogen-bond acceptors (Lipinski definition) is 15. The van der Waals surface area contributed by atoms with Crippen molar-refractivity contribution in [2.45, 2.75) is 349 Å². The molecule has 0 aromatic carbocycles. The number of rotatable bonds is 65. The second-order valence-corrected chi connectivity index (χ2v) is 27.7. The molecule has 504 valence electrons. The minimum atomic E-state index is -4.95. The Morgan fingerprint density at radius 3 is 0.800 bits per heavy atom. The summed E-state index contributed by atoms with van der Waals surface area (Å²) in [6, 6.07) is 0. The summed E-state index contributed by atoms with van der Waals surface area (Å²) in [7, 11) is -9.88. The fourth-order valence-corrected chi connectivity index (χ4v) is 11.5. The molecule has 0 aliphatic rings. The van der Waals surface area contributed by atoms with Crippen LogP contribution in [0.25, 0.3) is 0 Å². The standard InChI is InChI=1S/C66H128O17P2/c1-7-9-11-13-14-15-16-24-27-30-37-43-49-64(69)77-55-62(82-65(70)50-44-38-31-28-25-22-20-18-17-19-21-23-26-29-35-40-46-58(3)4)57-81-85(74,75)79-53-60(67)52-78-84(72,73)80-56-61(54-76-63(68)48-42-34-12-10-8-2)83-66(71)51-45-39-33-32-36-41-47-59(5)6/h58-62,67H,7-57H2,1-6H3,(H,72,73)(H,74,75)/t60-,61+,62+/m0/s1. The van der Waals surface area contributed by atoms with E-state index in [0.29, 0.717) is 31.6 Å². The molecule has 0 radical (unpaired) electrons. The zero-order valence-corrected chi connectivity index (χ0v) is 56.7. The Hall–Kier alpha value is -1.94. The second kappa shape index (κ2) is 58.4. The molecule has 5 atom stereocenters. The van der Waals surface area contributed by atoms with Crippen molar-refractivity contribution in [2.24, 2.45) is 11.8 Å². The number of phosphoric acid groups is 2. The lowest BCUT2D eigenvalue weighted by Gasteiger charge is -2.21. The van der Waals surface area contributed by atoms with E-state index < -0.39 is 97.5 Å². The van der Waals surface area contributed by atoms with Gasteiger partial charge < -0.3 is 33.8 Å². The lowest BCUT2D eigenvalue weighted by atomic mass is 10.0. The lowest BCUT2D eigenvalue weighted by molar-refractivity contribution is -0.161. The van der Waals surface area contributed by atoms with Crippen molar-refractivity contribution in [3.63, 3.8) is 0 Å². The Bertz CT molecular complexity index is 1670. The average molecular weight is 1260 g/mol. The van der Waals surface area contributed by atoms with Gasteiger partial charge in [-0.1, -0.05) is 279 Å². The molecule has 0 saturated carbocycles. The SMILES string of the molecule is CCCCCCCCCCCCCCC(=O)OC[C@H](COP(=O)(O)OC[C@@H](O)COP(=O)(O)OC[C@@H](COC(=O)CCCCCCC)OC(=O)CCCCCCCCC(C)C)OC(=O)CCCCCCCCCCCCCCCCCCC(C)C. The maximum absolute atomic E-state index is 13.0. The zero-order valence-electron chi connectivity index (χ0n) is 54.9. The first kappa shape index (κ1) is 83.1. The maximum atomic E-state index is 13.0. The molecule has 85 heavy (non-hydrogen) atoms. The van der Waals surface area contributed by atoms with Crippen LogP contribution in [0.3, 0.4) is 0 Å². The number of unbranched alkanes of at least 4 members (excludes halogenated alkanes) is 35. The van der Waals surface area contributed by atoms with Gasteiger partial charge in [0.2, 0.25) is 0 Å². The van der Waals surface area contributed by atoms with Gasteiger partial charge in [-0.15, -0.1) is 0 Å². The van der Waals surface area contributed by atoms with E-state index in [0.717, 1.165) is 102 Å². The highest BCUT2D eigenvalue weighted by molar-refractivity contribution is 7.47. The van der Waals surface area contributed by atoms with Crippen molar-refractivity contribution in [1.82, 2.24) is 0 Å². The molecule has 0 fully saturated rings. The molecule has 2 unspecified atom stereocenters. The zero-order chi connectivity index (χ0) is 62.9. The molecule has 0 saturated heterocycles. The van der Waals surface area contributed by atoms with E-state index >= 15 is 0 Å². The first-order valence-electron chi connectivity index (χ1n) is 34.5. The molecule has 0 spiro atoms. The summed E-state index contributed by atoms with van der Waals surface area (Å²) in [5.74, 6) is -0.666. The van der Waals surface area contributed by atoms with E-state index in [4.69, 9.17) is 37.0 Å². The fourth-order valence-electron chi connectivity index (χ4n) is 9.88. The Morgan fingerprint density at radius 2 is 0.541 bits per heavy atom. The van der Waals surface area contributed by atoms with Gasteiger partial charge in [0.15, 0.2) is 12.2 Å². The van der Waals surface area contributed by atoms with Gasteiger partial charge >= 0.3 is 39.5 Å². The monoisotopic (exact) mass is 1250 g/mol. The van der Waals surface area contributed by atoms with Gasteiger partial charge in [-0.05, 0) is 37.5 Å². The highest BCUT2D eigenvalue weighted by atomic mass is 31.2. The van der Waals surface area contributed by atoms with Crippen molar-refractivity contribution < 1.29 is 80.2 Å². The van der Waals surface area contributed by atoms with Crippen molar-refractivity contribution >= 4 is 39.5 Å². The average Bonchev–Trinajstić information content (AvgIpc) is 3.53. The number of esters is 4. The Morgan fingerprint density at radius 1 is 0.318 bits per heavy atom.